The number of carbonyl (C=O) groups is 1. The number of hydrogen-bond donors (Lipinski definition) is 1. The summed E-state index contributed by atoms with van der Waals surface area (Å²) in [5.41, 5.74) is 2.63. The summed E-state index contributed by atoms with van der Waals surface area (Å²) >= 11 is 0. The molecule has 0 unspecified atom stereocenters. The van der Waals surface area contributed by atoms with Crippen molar-refractivity contribution >= 4 is 19.3 Å². The van der Waals surface area contributed by atoms with Gasteiger partial charge in [0.2, 0.25) is 0 Å². The standard InChI is InChI=1S/C26H34BNO4/c1-24(2,3)30-23(29)28-18-22(27-31-25(4,5)26(6,7)32-27)17-19-13-15-21(16-14-19)20-11-9-8-10-12-20/h8-17H,18H2,1-7H3,(H,28,29). The Hall–Kier alpha value is -2.57. The van der Waals surface area contributed by atoms with Gasteiger partial charge < -0.3 is 19.4 Å². The molecule has 5 nitrogen and oxygen atoms in total. The lowest BCUT2D eigenvalue weighted by Crippen LogP contribution is -2.41. The van der Waals surface area contributed by atoms with Gasteiger partial charge in [-0.05, 0) is 70.6 Å². The number of rotatable bonds is 5. The average molecular weight is 435 g/mol. The number of amides is 1. The number of benzene rings is 2. The molecule has 0 spiro atoms. The van der Waals surface area contributed by atoms with Crippen LogP contribution in [0.3, 0.4) is 0 Å². The van der Waals surface area contributed by atoms with Crippen molar-refractivity contribution in [3.05, 3.63) is 65.6 Å². The van der Waals surface area contributed by atoms with Crippen molar-refractivity contribution in [3.63, 3.8) is 0 Å². The summed E-state index contributed by atoms with van der Waals surface area (Å²) in [6.45, 7) is 13.8. The summed E-state index contributed by atoms with van der Waals surface area (Å²) in [6.07, 6.45) is 1.54. The maximum absolute atomic E-state index is 12.2. The van der Waals surface area contributed by atoms with Gasteiger partial charge in [0.25, 0.3) is 0 Å². The Labute approximate surface area is 192 Å². The predicted molar refractivity (Wildman–Crippen MR) is 130 cm³/mol. The number of hydrogen-bond acceptors (Lipinski definition) is 4. The fourth-order valence-corrected chi connectivity index (χ4v) is 3.30. The highest BCUT2D eigenvalue weighted by molar-refractivity contribution is 6.56. The van der Waals surface area contributed by atoms with Crippen LogP contribution in [0.4, 0.5) is 4.79 Å². The van der Waals surface area contributed by atoms with Gasteiger partial charge in [0.15, 0.2) is 0 Å². The Kier molecular flexibility index (Phi) is 6.87. The van der Waals surface area contributed by atoms with E-state index in [1.54, 1.807) is 0 Å². The van der Waals surface area contributed by atoms with Gasteiger partial charge in [0.1, 0.15) is 5.60 Å². The van der Waals surface area contributed by atoms with E-state index in [4.69, 9.17) is 14.0 Å². The normalized spacial score (nSPS) is 17.8. The quantitative estimate of drug-likeness (QED) is 0.595. The van der Waals surface area contributed by atoms with E-state index in [-0.39, 0.29) is 6.54 Å². The highest BCUT2D eigenvalue weighted by Crippen LogP contribution is 2.38. The highest BCUT2D eigenvalue weighted by Gasteiger charge is 2.52. The molecule has 2 aromatic rings. The zero-order chi connectivity index (χ0) is 23.6. The van der Waals surface area contributed by atoms with Crippen molar-refractivity contribution in [1.82, 2.24) is 5.32 Å². The molecule has 1 heterocycles. The van der Waals surface area contributed by atoms with E-state index in [1.165, 1.54) is 5.56 Å². The molecule has 0 radical (unpaired) electrons. The molecule has 0 aromatic heterocycles. The van der Waals surface area contributed by atoms with Gasteiger partial charge in [-0.3, -0.25) is 0 Å². The molecule has 1 saturated heterocycles. The third kappa shape index (κ3) is 6.02. The Balaban J connectivity index is 1.83. The van der Waals surface area contributed by atoms with Gasteiger partial charge in [-0.25, -0.2) is 4.79 Å². The van der Waals surface area contributed by atoms with Crippen LogP contribution in [0, 0.1) is 0 Å². The first kappa shape index (κ1) is 24.1. The van der Waals surface area contributed by atoms with Gasteiger partial charge in [-0.15, -0.1) is 0 Å². The maximum atomic E-state index is 12.2. The second-order valence-corrected chi connectivity index (χ2v) is 10.2. The zero-order valence-corrected chi connectivity index (χ0v) is 20.2. The summed E-state index contributed by atoms with van der Waals surface area (Å²) in [4.78, 5) is 12.2. The van der Waals surface area contributed by atoms with Crippen molar-refractivity contribution in [2.45, 2.75) is 65.3 Å². The zero-order valence-electron chi connectivity index (χ0n) is 20.2. The molecule has 6 heteroatoms. The molecule has 0 saturated carbocycles. The third-order valence-corrected chi connectivity index (χ3v) is 5.76. The van der Waals surface area contributed by atoms with Crippen LogP contribution in [0.1, 0.15) is 54.0 Å². The predicted octanol–water partition coefficient (Wildman–Crippen LogP) is 5.89. The maximum Gasteiger partial charge on any atom is 0.492 e. The summed E-state index contributed by atoms with van der Waals surface area (Å²) in [5.74, 6) is 0. The molecule has 1 amide bonds. The molecule has 170 valence electrons. The van der Waals surface area contributed by atoms with Crippen molar-refractivity contribution in [1.29, 1.82) is 0 Å². The molecule has 3 rings (SSSR count). The van der Waals surface area contributed by atoms with Crippen LogP contribution in [-0.4, -0.2) is 36.6 Å². The first-order valence-corrected chi connectivity index (χ1v) is 11.0. The second-order valence-electron chi connectivity index (χ2n) is 10.2. The SMILES string of the molecule is CC(C)(C)OC(=O)NCC(=Cc1ccc(-c2ccccc2)cc1)B1OC(C)(C)C(C)(C)O1. The van der Waals surface area contributed by atoms with E-state index in [1.807, 2.05) is 72.7 Å². The summed E-state index contributed by atoms with van der Waals surface area (Å²) in [5, 5.41) is 2.84. The van der Waals surface area contributed by atoms with Gasteiger partial charge in [-0.1, -0.05) is 60.7 Å². The lowest BCUT2D eigenvalue weighted by Gasteiger charge is -2.32. The first-order valence-electron chi connectivity index (χ1n) is 11.0. The fraction of sp³-hybridized carbons (Fsp3) is 0.423. The number of ether oxygens (including phenoxy) is 1. The molecule has 2 aromatic carbocycles. The number of alkyl carbamates (subject to hydrolysis) is 1. The molecule has 1 aliphatic rings. The number of nitrogens with one attached hydrogen (secondary N) is 1. The molecule has 1 N–H and O–H groups in total. The first-order chi connectivity index (χ1) is 14.9. The molecule has 0 bridgehead atoms. The van der Waals surface area contributed by atoms with Crippen LogP contribution in [0.5, 0.6) is 0 Å². The van der Waals surface area contributed by atoms with E-state index < -0.39 is 30.0 Å². The van der Waals surface area contributed by atoms with Gasteiger partial charge in [0.05, 0.1) is 11.2 Å². The minimum atomic E-state index is -0.566. The topological polar surface area (TPSA) is 56.8 Å². The van der Waals surface area contributed by atoms with Crippen LogP contribution in [-0.2, 0) is 14.0 Å². The van der Waals surface area contributed by atoms with Crippen LogP contribution < -0.4 is 5.32 Å². The molecule has 0 aliphatic carbocycles. The molecular weight excluding hydrogens is 401 g/mol. The minimum Gasteiger partial charge on any atom is -0.444 e. The van der Waals surface area contributed by atoms with Crippen LogP contribution >= 0.6 is 0 Å². The molecular formula is C26H34BNO4. The van der Waals surface area contributed by atoms with Crippen molar-refractivity contribution in [2.24, 2.45) is 0 Å². The Morgan fingerprint density at radius 2 is 1.47 bits per heavy atom. The Bertz CT molecular complexity index is 944. The van der Waals surface area contributed by atoms with Crippen LogP contribution in [0.2, 0.25) is 0 Å². The third-order valence-electron chi connectivity index (χ3n) is 5.76. The van der Waals surface area contributed by atoms with Gasteiger partial charge >= 0.3 is 13.2 Å². The monoisotopic (exact) mass is 435 g/mol. The van der Waals surface area contributed by atoms with E-state index in [2.05, 4.69) is 41.7 Å². The lowest BCUT2D eigenvalue weighted by molar-refractivity contribution is 0.00578. The van der Waals surface area contributed by atoms with E-state index in [0.29, 0.717) is 0 Å². The lowest BCUT2D eigenvalue weighted by atomic mass is 9.77. The summed E-state index contributed by atoms with van der Waals surface area (Å²) in [7, 11) is -0.566. The number of carbonyl (C=O) groups excluding carboxylic acids is 1. The van der Waals surface area contributed by atoms with E-state index in [9.17, 15) is 4.79 Å². The molecule has 0 atom stereocenters. The smallest absolute Gasteiger partial charge is 0.444 e. The average Bonchev–Trinajstić information content (AvgIpc) is 2.92. The molecule has 32 heavy (non-hydrogen) atoms. The van der Waals surface area contributed by atoms with Crippen molar-refractivity contribution in [2.75, 3.05) is 6.54 Å². The van der Waals surface area contributed by atoms with Crippen LogP contribution in [0.15, 0.2) is 60.1 Å². The fourth-order valence-electron chi connectivity index (χ4n) is 3.30. The Morgan fingerprint density at radius 1 is 0.938 bits per heavy atom. The highest BCUT2D eigenvalue weighted by atomic mass is 16.7. The molecule has 1 fully saturated rings. The van der Waals surface area contributed by atoms with Gasteiger partial charge in [0, 0.05) is 6.54 Å². The summed E-state index contributed by atoms with van der Waals surface area (Å²) in [6, 6.07) is 18.5. The summed E-state index contributed by atoms with van der Waals surface area (Å²) < 4.78 is 17.9. The van der Waals surface area contributed by atoms with E-state index >= 15 is 0 Å². The van der Waals surface area contributed by atoms with Crippen molar-refractivity contribution < 1.29 is 18.8 Å². The molecule has 1 aliphatic heterocycles. The van der Waals surface area contributed by atoms with E-state index in [0.717, 1.165) is 16.6 Å². The second kappa shape index (κ2) is 9.12. The van der Waals surface area contributed by atoms with Crippen LogP contribution in [0.25, 0.3) is 17.2 Å². The van der Waals surface area contributed by atoms with Crippen molar-refractivity contribution in [3.8, 4) is 11.1 Å². The Morgan fingerprint density at radius 3 is 2.00 bits per heavy atom. The largest absolute Gasteiger partial charge is 0.492 e. The van der Waals surface area contributed by atoms with Gasteiger partial charge in [-0.2, -0.15) is 0 Å². The minimum absolute atomic E-state index is 0.256.